The number of benzene rings is 1. The maximum Gasteiger partial charge on any atom is 0.182 e. The summed E-state index contributed by atoms with van der Waals surface area (Å²) in [5, 5.41) is 0. The lowest BCUT2D eigenvalue weighted by Crippen LogP contribution is -2.36. The van der Waals surface area contributed by atoms with Crippen LogP contribution in [0.1, 0.15) is 12.8 Å². The van der Waals surface area contributed by atoms with Gasteiger partial charge in [0.05, 0.1) is 11.9 Å². The first-order valence-electron chi connectivity index (χ1n) is 8.99. The number of anilines is 1. The van der Waals surface area contributed by atoms with E-state index in [1.54, 1.807) is 18.6 Å². The van der Waals surface area contributed by atoms with Crippen LogP contribution in [0.5, 0.6) is 0 Å². The van der Waals surface area contributed by atoms with Crippen LogP contribution >= 0.6 is 0 Å². The second-order valence-electron chi connectivity index (χ2n) is 6.56. The van der Waals surface area contributed by atoms with Gasteiger partial charge in [0.2, 0.25) is 0 Å². The van der Waals surface area contributed by atoms with Gasteiger partial charge in [0.15, 0.2) is 5.82 Å². The van der Waals surface area contributed by atoms with E-state index < -0.39 is 0 Å². The molecule has 132 valence electrons. The van der Waals surface area contributed by atoms with Gasteiger partial charge in [-0.05, 0) is 25.3 Å². The molecule has 0 spiro atoms. The number of piperidine rings is 1. The summed E-state index contributed by atoms with van der Waals surface area (Å²) >= 11 is 0. The van der Waals surface area contributed by atoms with Crippen molar-refractivity contribution in [3.63, 3.8) is 0 Å². The molecule has 2 N–H and O–H groups in total. The van der Waals surface area contributed by atoms with Crippen molar-refractivity contribution in [1.82, 2.24) is 19.9 Å². The number of nitrogens with zero attached hydrogens (tertiary/aromatic N) is 5. The summed E-state index contributed by atoms with van der Waals surface area (Å²) in [6.07, 6.45) is 7.22. The van der Waals surface area contributed by atoms with Gasteiger partial charge in [-0.2, -0.15) is 0 Å². The maximum absolute atomic E-state index is 5.83. The lowest BCUT2D eigenvalue weighted by molar-refractivity contribution is 0.413. The van der Waals surface area contributed by atoms with E-state index in [2.05, 4.69) is 33.1 Å². The van der Waals surface area contributed by atoms with Crippen LogP contribution in [0.4, 0.5) is 5.82 Å². The maximum atomic E-state index is 5.83. The highest BCUT2D eigenvalue weighted by atomic mass is 15.2. The first kappa shape index (κ1) is 16.6. The molecule has 0 bridgehead atoms. The molecule has 0 unspecified atom stereocenters. The lowest BCUT2D eigenvalue weighted by atomic mass is 9.97. The van der Waals surface area contributed by atoms with Crippen LogP contribution in [0.3, 0.4) is 0 Å². The molecule has 1 saturated heterocycles. The van der Waals surface area contributed by atoms with E-state index in [0.29, 0.717) is 17.4 Å². The van der Waals surface area contributed by atoms with E-state index in [9.17, 15) is 0 Å². The van der Waals surface area contributed by atoms with Gasteiger partial charge in [0.25, 0.3) is 0 Å². The minimum Gasteiger partial charge on any atom is -0.356 e. The Labute approximate surface area is 153 Å². The minimum atomic E-state index is 0.607. The predicted octanol–water partition coefficient (Wildman–Crippen LogP) is 2.78. The third-order valence-electron chi connectivity index (χ3n) is 4.85. The van der Waals surface area contributed by atoms with Crippen LogP contribution in [0.25, 0.3) is 22.8 Å². The average Bonchev–Trinajstić information content (AvgIpc) is 2.75. The van der Waals surface area contributed by atoms with Crippen molar-refractivity contribution in [2.75, 3.05) is 24.5 Å². The highest BCUT2D eigenvalue weighted by molar-refractivity contribution is 5.66. The fourth-order valence-corrected chi connectivity index (χ4v) is 3.28. The molecule has 26 heavy (non-hydrogen) atoms. The highest BCUT2D eigenvalue weighted by Gasteiger charge is 2.21. The van der Waals surface area contributed by atoms with Gasteiger partial charge in [-0.3, -0.25) is 4.98 Å². The predicted molar refractivity (Wildman–Crippen MR) is 102 cm³/mol. The van der Waals surface area contributed by atoms with Crippen LogP contribution in [0.2, 0.25) is 0 Å². The Balaban J connectivity index is 1.74. The molecule has 3 aromatic rings. The summed E-state index contributed by atoms with van der Waals surface area (Å²) in [7, 11) is 0. The SMILES string of the molecule is NCC1CCN(c2cc(-c3ccccc3)nc(-c3cnccn3)n2)CC1. The van der Waals surface area contributed by atoms with E-state index in [0.717, 1.165) is 49.6 Å². The van der Waals surface area contributed by atoms with Gasteiger partial charge in [0, 0.05) is 37.1 Å². The summed E-state index contributed by atoms with van der Waals surface area (Å²) in [4.78, 5) is 20.4. The van der Waals surface area contributed by atoms with Crippen LogP contribution in [0, 0.1) is 5.92 Å². The Morgan fingerprint density at radius 3 is 2.50 bits per heavy atom. The number of aromatic nitrogens is 4. The Morgan fingerprint density at radius 2 is 1.81 bits per heavy atom. The average molecular weight is 346 g/mol. The highest BCUT2D eigenvalue weighted by Crippen LogP contribution is 2.27. The third-order valence-corrected chi connectivity index (χ3v) is 4.85. The van der Waals surface area contributed by atoms with Gasteiger partial charge < -0.3 is 10.6 Å². The third kappa shape index (κ3) is 3.55. The normalized spacial score (nSPS) is 15.2. The second kappa shape index (κ2) is 7.58. The summed E-state index contributed by atoms with van der Waals surface area (Å²) in [5.41, 5.74) is 8.48. The fraction of sp³-hybridized carbons (Fsp3) is 0.300. The van der Waals surface area contributed by atoms with Crippen LogP contribution in [-0.4, -0.2) is 39.6 Å². The van der Waals surface area contributed by atoms with Gasteiger partial charge in [-0.15, -0.1) is 0 Å². The van der Waals surface area contributed by atoms with E-state index in [1.165, 1.54) is 0 Å². The summed E-state index contributed by atoms with van der Waals surface area (Å²) in [5.74, 6) is 2.16. The first-order valence-corrected chi connectivity index (χ1v) is 8.99. The molecule has 1 aliphatic rings. The van der Waals surface area contributed by atoms with Crippen LogP contribution < -0.4 is 10.6 Å². The molecule has 6 nitrogen and oxygen atoms in total. The van der Waals surface area contributed by atoms with Crippen molar-refractivity contribution in [3.05, 3.63) is 55.0 Å². The fourth-order valence-electron chi connectivity index (χ4n) is 3.28. The monoisotopic (exact) mass is 346 g/mol. The van der Waals surface area contributed by atoms with Gasteiger partial charge in [-0.1, -0.05) is 30.3 Å². The van der Waals surface area contributed by atoms with Gasteiger partial charge in [0.1, 0.15) is 11.5 Å². The number of hydrogen-bond donors (Lipinski definition) is 1. The van der Waals surface area contributed by atoms with Crippen LogP contribution in [-0.2, 0) is 0 Å². The van der Waals surface area contributed by atoms with Crippen molar-refractivity contribution in [1.29, 1.82) is 0 Å². The van der Waals surface area contributed by atoms with Crippen molar-refractivity contribution < 1.29 is 0 Å². The van der Waals surface area contributed by atoms with Crippen LogP contribution in [0.15, 0.2) is 55.0 Å². The van der Waals surface area contributed by atoms with Crippen molar-refractivity contribution in [2.24, 2.45) is 11.7 Å². The second-order valence-corrected chi connectivity index (χ2v) is 6.56. The van der Waals surface area contributed by atoms with Crippen molar-refractivity contribution in [2.45, 2.75) is 12.8 Å². The molecule has 6 heteroatoms. The zero-order valence-electron chi connectivity index (χ0n) is 14.6. The minimum absolute atomic E-state index is 0.607. The zero-order chi connectivity index (χ0) is 17.8. The van der Waals surface area contributed by atoms with E-state index in [4.69, 9.17) is 15.7 Å². The zero-order valence-corrected chi connectivity index (χ0v) is 14.6. The molecule has 3 heterocycles. The molecule has 1 fully saturated rings. The Hall–Kier alpha value is -2.86. The lowest BCUT2D eigenvalue weighted by Gasteiger charge is -2.32. The Morgan fingerprint density at radius 1 is 1.00 bits per heavy atom. The topological polar surface area (TPSA) is 80.8 Å². The van der Waals surface area contributed by atoms with Crippen molar-refractivity contribution >= 4 is 5.82 Å². The van der Waals surface area contributed by atoms with E-state index in [1.807, 2.05) is 18.2 Å². The molecule has 0 saturated carbocycles. The van der Waals surface area contributed by atoms with Gasteiger partial charge in [-0.25, -0.2) is 15.0 Å². The van der Waals surface area contributed by atoms with E-state index in [-0.39, 0.29) is 0 Å². The summed E-state index contributed by atoms with van der Waals surface area (Å²) in [6.45, 7) is 2.69. The standard InChI is InChI=1S/C20H22N6/c21-13-15-6-10-26(11-7-15)19-12-17(16-4-2-1-3-5-16)24-20(25-19)18-14-22-8-9-23-18/h1-5,8-9,12,14-15H,6-7,10-11,13,21H2. The molecule has 4 rings (SSSR count). The Kier molecular flexibility index (Phi) is 4.84. The number of hydrogen-bond acceptors (Lipinski definition) is 6. The molecule has 1 aliphatic heterocycles. The van der Waals surface area contributed by atoms with E-state index >= 15 is 0 Å². The van der Waals surface area contributed by atoms with Gasteiger partial charge >= 0.3 is 0 Å². The largest absolute Gasteiger partial charge is 0.356 e. The molecule has 0 atom stereocenters. The molecule has 0 aliphatic carbocycles. The molecule has 0 radical (unpaired) electrons. The molecular weight excluding hydrogens is 324 g/mol. The molecule has 1 aromatic carbocycles. The number of nitrogens with two attached hydrogens (primary N) is 1. The first-order chi connectivity index (χ1) is 12.8. The smallest absolute Gasteiger partial charge is 0.182 e. The molecule has 0 amide bonds. The number of rotatable bonds is 4. The van der Waals surface area contributed by atoms with Crippen molar-refractivity contribution in [3.8, 4) is 22.8 Å². The summed E-state index contributed by atoms with van der Waals surface area (Å²) < 4.78 is 0. The molecular formula is C20H22N6. The quantitative estimate of drug-likeness (QED) is 0.782. The molecule has 2 aromatic heterocycles. The summed E-state index contributed by atoms with van der Waals surface area (Å²) in [6, 6.07) is 12.2. The Bertz CT molecular complexity index is 787.